The van der Waals surface area contributed by atoms with E-state index in [4.69, 9.17) is 5.73 Å². The first-order valence-corrected chi connectivity index (χ1v) is 5.04. The van der Waals surface area contributed by atoms with Crippen LogP contribution in [0.25, 0.3) is 0 Å². The van der Waals surface area contributed by atoms with Crippen LogP contribution in [0.3, 0.4) is 0 Å². The van der Waals surface area contributed by atoms with Crippen molar-refractivity contribution in [2.45, 2.75) is 12.8 Å². The van der Waals surface area contributed by atoms with Gasteiger partial charge in [-0.1, -0.05) is 37.3 Å². The maximum Gasteiger partial charge on any atom is 0.123 e. The molecule has 1 atom stereocenters. The SMILES string of the molecule is CC(c1ccccc1)c1ccnc(N)c1. The number of benzene rings is 1. The Morgan fingerprint density at radius 3 is 2.47 bits per heavy atom. The van der Waals surface area contributed by atoms with Crippen molar-refractivity contribution < 1.29 is 0 Å². The number of rotatable bonds is 2. The first-order valence-electron chi connectivity index (χ1n) is 5.04. The Kier molecular flexibility index (Phi) is 2.68. The molecule has 15 heavy (non-hydrogen) atoms. The molecule has 0 bridgehead atoms. The summed E-state index contributed by atoms with van der Waals surface area (Å²) >= 11 is 0. The number of hydrogen-bond donors (Lipinski definition) is 1. The van der Waals surface area contributed by atoms with Gasteiger partial charge in [0.25, 0.3) is 0 Å². The molecule has 0 aliphatic heterocycles. The third-order valence-corrected chi connectivity index (χ3v) is 2.60. The highest BCUT2D eigenvalue weighted by atomic mass is 14.8. The van der Waals surface area contributed by atoms with Crippen LogP contribution < -0.4 is 5.73 Å². The molecular weight excluding hydrogens is 184 g/mol. The lowest BCUT2D eigenvalue weighted by atomic mass is 9.94. The van der Waals surface area contributed by atoms with Crippen molar-refractivity contribution in [3.63, 3.8) is 0 Å². The van der Waals surface area contributed by atoms with Gasteiger partial charge in [0.05, 0.1) is 0 Å². The highest BCUT2D eigenvalue weighted by Gasteiger charge is 2.07. The quantitative estimate of drug-likeness (QED) is 0.805. The number of nitrogens with zero attached hydrogens (tertiary/aromatic N) is 1. The fraction of sp³-hybridized carbons (Fsp3) is 0.154. The Morgan fingerprint density at radius 2 is 1.80 bits per heavy atom. The molecule has 1 aromatic heterocycles. The van der Waals surface area contributed by atoms with Crippen LogP contribution in [-0.4, -0.2) is 4.98 Å². The van der Waals surface area contributed by atoms with Crippen LogP contribution in [0.2, 0.25) is 0 Å². The maximum absolute atomic E-state index is 5.66. The Balaban J connectivity index is 2.32. The topological polar surface area (TPSA) is 38.9 Å². The average molecular weight is 198 g/mol. The van der Waals surface area contributed by atoms with E-state index in [1.807, 2.05) is 18.2 Å². The first-order chi connectivity index (χ1) is 7.27. The van der Waals surface area contributed by atoms with Crippen molar-refractivity contribution in [3.05, 3.63) is 59.8 Å². The molecule has 2 rings (SSSR count). The Hall–Kier alpha value is -1.83. The third kappa shape index (κ3) is 2.15. The minimum Gasteiger partial charge on any atom is -0.384 e. The third-order valence-electron chi connectivity index (χ3n) is 2.60. The number of nitrogen functional groups attached to an aromatic ring is 1. The van der Waals surface area contributed by atoms with Gasteiger partial charge in [0.2, 0.25) is 0 Å². The van der Waals surface area contributed by atoms with Crippen LogP contribution in [0.15, 0.2) is 48.7 Å². The lowest BCUT2D eigenvalue weighted by Crippen LogP contribution is -1.98. The van der Waals surface area contributed by atoms with Crippen LogP contribution in [0, 0.1) is 0 Å². The normalized spacial score (nSPS) is 12.3. The van der Waals surface area contributed by atoms with Crippen molar-refractivity contribution in [2.75, 3.05) is 5.73 Å². The summed E-state index contributed by atoms with van der Waals surface area (Å²) in [5.74, 6) is 0.937. The largest absolute Gasteiger partial charge is 0.384 e. The highest BCUT2D eigenvalue weighted by Crippen LogP contribution is 2.23. The average Bonchev–Trinajstić information content (AvgIpc) is 2.29. The number of aromatic nitrogens is 1. The fourth-order valence-electron chi connectivity index (χ4n) is 1.67. The smallest absolute Gasteiger partial charge is 0.123 e. The zero-order chi connectivity index (χ0) is 10.7. The van der Waals surface area contributed by atoms with E-state index >= 15 is 0 Å². The molecule has 0 radical (unpaired) electrons. The van der Waals surface area contributed by atoms with Crippen LogP contribution in [0.5, 0.6) is 0 Å². The second-order valence-electron chi connectivity index (χ2n) is 3.65. The van der Waals surface area contributed by atoms with Gasteiger partial charge in [0.1, 0.15) is 5.82 Å². The zero-order valence-corrected chi connectivity index (χ0v) is 8.72. The molecule has 1 unspecified atom stereocenters. The van der Waals surface area contributed by atoms with E-state index in [2.05, 4.69) is 36.2 Å². The molecule has 0 amide bonds. The lowest BCUT2D eigenvalue weighted by Gasteiger charge is -2.12. The molecule has 2 aromatic rings. The molecule has 0 aliphatic carbocycles. The van der Waals surface area contributed by atoms with Gasteiger partial charge >= 0.3 is 0 Å². The van der Waals surface area contributed by atoms with Gasteiger partial charge in [-0.3, -0.25) is 0 Å². The Morgan fingerprint density at radius 1 is 1.07 bits per heavy atom. The molecule has 2 nitrogen and oxygen atoms in total. The summed E-state index contributed by atoms with van der Waals surface area (Å²) in [6.45, 7) is 2.17. The number of hydrogen-bond acceptors (Lipinski definition) is 2. The van der Waals surface area contributed by atoms with Crippen LogP contribution in [0.1, 0.15) is 24.0 Å². The van der Waals surface area contributed by atoms with Gasteiger partial charge in [-0.2, -0.15) is 0 Å². The molecule has 1 aromatic carbocycles. The number of anilines is 1. The summed E-state index contributed by atoms with van der Waals surface area (Å²) in [5.41, 5.74) is 8.16. The van der Waals surface area contributed by atoms with E-state index in [9.17, 15) is 0 Å². The first kappa shape index (κ1) is 9.71. The Bertz CT molecular complexity index is 437. The molecule has 1 heterocycles. The fourth-order valence-corrected chi connectivity index (χ4v) is 1.67. The second kappa shape index (κ2) is 4.13. The second-order valence-corrected chi connectivity index (χ2v) is 3.65. The minimum atomic E-state index is 0.358. The van der Waals surface area contributed by atoms with E-state index in [0.29, 0.717) is 11.7 Å². The summed E-state index contributed by atoms with van der Waals surface area (Å²) in [4.78, 5) is 3.99. The van der Waals surface area contributed by atoms with Gasteiger partial charge in [0, 0.05) is 12.1 Å². The van der Waals surface area contributed by atoms with E-state index < -0.39 is 0 Å². The highest BCUT2D eigenvalue weighted by molar-refractivity contribution is 5.38. The van der Waals surface area contributed by atoms with Crippen LogP contribution in [-0.2, 0) is 0 Å². The molecule has 76 valence electrons. The van der Waals surface area contributed by atoms with Gasteiger partial charge in [-0.05, 0) is 23.3 Å². The van der Waals surface area contributed by atoms with Crippen molar-refractivity contribution in [3.8, 4) is 0 Å². The molecule has 0 spiro atoms. The molecule has 0 fully saturated rings. The monoisotopic (exact) mass is 198 g/mol. The zero-order valence-electron chi connectivity index (χ0n) is 8.72. The molecule has 2 N–H and O–H groups in total. The van der Waals surface area contributed by atoms with Crippen molar-refractivity contribution in [2.24, 2.45) is 0 Å². The summed E-state index contributed by atoms with van der Waals surface area (Å²) in [5, 5.41) is 0. The predicted octanol–water partition coefficient (Wildman–Crippen LogP) is 2.82. The molecular formula is C13H14N2. The van der Waals surface area contributed by atoms with E-state index in [0.717, 1.165) is 0 Å². The Labute approximate surface area is 89.8 Å². The van der Waals surface area contributed by atoms with Crippen molar-refractivity contribution >= 4 is 5.82 Å². The van der Waals surface area contributed by atoms with Gasteiger partial charge in [-0.15, -0.1) is 0 Å². The van der Waals surface area contributed by atoms with E-state index in [1.54, 1.807) is 6.20 Å². The predicted molar refractivity (Wildman–Crippen MR) is 62.6 cm³/mol. The molecule has 0 aliphatic rings. The van der Waals surface area contributed by atoms with Crippen molar-refractivity contribution in [1.29, 1.82) is 0 Å². The van der Waals surface area contributed by atoms with E-state index in [-0.39, 0.29) is 0 Å². The van der Waals surface area contributed by atoms with Gasteiger partial charge in [0.15, 0.2) is 0 Å². The maximum atomic E-state index is 5.66. The lowest BCUT2D eigenvalue weighted by molar-refractivity contribution is 0.919. The minimum absolute atomic E-state index is 0.358. The van der Waals surface area contributed by atoms with Crippen LogP contribution in [0.4, 0.5) is 5.82 Å². The van der Waals surface area contributed by atoms with E-state index in [1.165, 1.54) is 11.1 Å². The van der Waals surface area contributed by atoms with Gasteiger partial charge in [-0.25, -0.2) is 4.98 Å². The summed E-state index contributed by atoms with van der Waals surface area (Å²) < 4.78 is 0. The van der Waals surface area contributed by atoms with Crippen molar-refractivity contribution in [1.82, 2.24) is 4.98 Å². The number of nitrogens with two attached hydrogens (primary N) is 1. The van der Waals surface area contributed by atoms with Crippen LogP contribution >= 0.6 is 0 Å². The summed E-state index contributed by atoms with van der Waals surface area (Å²) in [6.07, 6.45) is 1.75. The standard InChI is InChI=1S/C13H14N2/c1-10(11-5-3-2-4-6-11)12-7-8-15-13(14)9-12/h2-10H,1H3,(H2,14,15). The number of pyridine rings is 1. The molecule has 0 saturated carbocycles. The summed E-state index contributed by atoms with van der Waals surface area (Å²) in [7, 11) is 0. The molecule has 0 saturated heterocycles. The summed E-state index contributed by atoms with van der Waals surface area (Å²) in [6, 6.07) is 14.3. The molecule has 2 heteroatoms. The van der Waals surface area contributed by atoms with Gasteiger partial charge < -0.3 is 5.73 Å².